The van der Waals surface area contributed by atoms with E-state index in [0.717, 1.165) is 15.8 Å². The molecule has 0 saturated heterocycles. The van der Waals surface area contributed by atoms with Crippen molar-refractivity contribution < 1.29 is 4.79 Å². The molecule has 86 valence electrons. The molecule has 0 fully saturated rings. The molecule has 1 amide bonds. The average molecular weight is 301 g/mol. The largest absolute Gasteiger partial charge is 0.364 e. The zero-order chi connectivity index (χ0) is 11.7. The Morgan fingerprint density at radius 1 is 1.44 bits per heavy atom. The van der Waals surface area contributed by atoms with E-state index in [4.69, 9.17) is 0 Å². The monoisotopic (exact) mass is 300 g/mol. The molecule has 0 bridgehead atoms. The van der Waals surface area contributed by atoms with Crippen molar-refractivity contribution in [1.29, 1.82) is 0 Å². The van der Waals surface area contributed by atoms with Gasteiger partial charge in [0.05, 0.1) is 17.9 Å². The van der Waals surface area contributed by atoms with Crippen molar-refractivity contribution in [2.75, 3.05) is 35.7 Å². The number of fused-ring (bicyclic) bond motifs is 1. The van der Waals surface area contributed by atoms with E-state index in [2.05, 4.69) is 28.6 Å². The molecule has 1 aromatic rings. The lowest BCUT2D eigenvalue weighted by atomic mass is 10.1. The van der Waals surface area contributed by atoms with Crippen molar-refractivity contribution >= 4 is 45.8 Å². The minimum atomic E-state index is 0.131. The van der Waals surface area contributed by atoms with Crippen molar-refractivity contribution in [1.82, 2.24) is 0 Å². The van der Waals surface area contributed by atoms with E-state index in [9.17, 15) is 4.79 Å². The van der Waals surface area contributed by atoms with Crippen LogP contribution in [0.15, 0.2) is 22.7 Å². The fourth-order valence-corrected chi connectivity index (χ4v) is 2.43. The Bertz CT molecular complexity index is 424. The molecule has 0 unspecified atom stereocenters. The summed E-state index contributed by atoms with van der Waals surface area (Å²) in [6, 6.07) is 5.96. The number of carbonyl (C=O) groups excluding carboxylic acids is 1. The van der Waals surface area contributed by atoms with Crippen LogP contribution in [0.5, 0.6) is 0 Å². The standard InChI is InChI=1S/C11H13BrN2OS/c1-13-7-11(15)14(4-5-16)9-3-2-8(12)6-10(9)13/h2-3,6,16H,4-5,7H2,1H3. The number of anilines is 2. The smallest absolute Gasteiger partial charge is 0.246 e. The summed E-state index contributed by atoms with van der Waals surface area (Å²) < 4.78 is 1.03. The van der Waals surface area contributed by atoms with Gasteiger partial charge in [-0.1, -0.05) is 15.9 Å². The number of amides is 1. The number of nitrogens with zero attached hydrogens (tertiary/aromatic N) is 2. The minimum absolute atomic E-state index is 0.131. The van der Waals surface area contributed by atoms with Gasteiger partial charge < -0.3 is 9.80 Å². The first-order valence-corrected chi connectivity index (χ1v) is 6.48. The van der Waals surface area contributed by atoms with Crippen molar-refractivity contribution in [3.8, 4) is 0 Å². The van der Waals surface area contributed by atoms with Gasteiger partial charge in [-0.15, -0.1) is 0 Å². The van der Waals surface area contributed by atoms with Crippen molar-refractivity contribution in [3.05, 3.63) is 22.7 Å². The highest BCUT2D eigenvalue weighted by atomic mass is 79.9. The Morgan fingerprint density at radius 3 is 2.88 bits per heavy atom. The zero-order valence-corrected chi connectivity index (χ0v) is 11.5. The van der Waals surface area contributed by atoms with Crippen LogP contribution in [0.4, 0.5) is 11.4 Å². The first-order valence-electron chi connectivity index (χ1n) is 5.05. The fraction of sp³-hybridized carbons (Fsp3) is 0.364. The van der Waals surface area contributed by atoms with Crippen LogP contribution in [0.2, 0.25) is 0 Å². The molecule has 0 N–H and O–H groups in total. The van der Waals surface area contributed by atoms with E-state index in [-0.39, 0.29) is 5.91 Å². The normalized spacial score (nSPS) is 15.3. The van der Waals surface area contributed by atoms with Crippen LogP contribution in [0.3, 0.4) is 0 Å². The molecule has 2 rings (SSSR count). The lowest BCUT2D eigenvalue weighted by Crippen LogP contribution is -2.45. The van der Waals surface area contributed by atoms with Crippen molar-refractivity contribution in [2.45, 2.75) is 0 Å². The van der Waals surface area contributed by atoms with E-state index >= 15 is 0 Å². The average Bonchev–Trinajstić information content (AvgIpc) is 2.24. The quantitative estimate of drug-likeness (QED) is 0.846. The van der Waals surface area contributed by atoms with Crippen LogP contribution in [0.25, 0.3) is 0 Å². The van der Waals surface area contributed by atoms with E-state index < -0.39 is 0 Å². The summed E-state index contributed by atoms with van der Waals surface area (Å²) in [6.45, 7) is 1.08. The Morgan fingerprint density at radius 2 is 2.19 bits per heavy atom. The Balaban J connectivity index is 2.46. The summed E-state index contributed by atoms with van der Waals surface area (Å²) in [7, 11) is 1.93. The highest BCUT2D eigenvalue weighted by Crippen LogP contribution is 2.34. The van der Waals surface area contributed by atoms with Gasteiger partial charge >= 0.3 is 0 Å². The van der Waals surface area contributed by atoms with Gasteiger partial charge in [-0.05, 0) is 18.2 Å². The second-order valence-corrected chi connectivity index (χ2v) is 5.12. The third-order valence-electron chi connectivity index (χ3n) is 2.64. The predicted molar refractivity (Wildman–Crippen MR) is 73.6 cm³/mol. The molecule has 1 heterocycles. The summed E-state index contributed by atoms with van der Waals surface area (Å²) in [4.78, 5) is 15.7. The number of carbonyl (C=O) groups is 1. The van der Waals surface area contributed by atoms with Gasteiger partial charge in [-0.3, -0.25) is 4.79 Å². The number of halogens is 1. The molecule has 0 radical (unpaired) electrons. The Kier molecular flexibility index (Phi) is 3.44. The van der Waals surface area contributed by atoms with Gasteiger partial charge in [0.15, 0.2) is 0 Å². The number of rotatable bonds is 2. The molecule has 3 nitrogen and oxygen atoms in total. The zero-order valence-electron chi connectivity index (χ0n) is 8.98. The van der Waals surface area contributed by atoms with Crippen LogP contribution >= 0.6 is 28.6 Å². The molecule has 1 aromatic carbocycles. The number of likely N-dealkylation sites (N-methyl/N-ethyl adjacent to an activating group) is 1. The third kappa shape index (κ3) is 2.06. The summed E-state index contributed by atoms with van der Waals surface area (Å²) in [5.41, 5.74) is 2.05. The number of hydrogen-bond acceptors (Lipinski definition) is 3. The van der Waals surface area contributed by atoms with E-state index in [0.29, 0.717) is 18.8 Å². The number of hydrogen-bond donors (Lipinski definition) is 1. The van der Waals surface area contributed by atoms with Gasteiger partial charge in [0.1, 0.15) is 0 Å². The highest BCUT2D eigenvalue weighted by Gasteiger charge is 2.26. The molecule has 0 aliphatic carbocycles. The van der Waals surface area contributed by atoms with Gasteiger partial charge in [-0.2, -0.15) is 12.6 Å². The molecule has 1 aliphatic heterocycles. The van der Waals surface area contributed by atoms with Gasteiger partial charge in [0, 0.05) is 23.8 Å². The lowest BCUT2D eigenvalue weighted by Gasteiger charge is -2.35. The molecular formula is C11H13BrN2OS. The molecule has 0 atom stereocenters. The molecule has 0 saturated carbocycles. The molecule has 16 heavy (non-hydrogen) atoms. The van der Waals surface area contributed by atoms with Gasteiger partial charge in [0.2, 0.25) is 5.91 Å². The topological polar surface area (TPSA) is 23.6 Å². The summed E-state index contributed by atoms with van der Waals surface area (Å²) in [5, 5.41) is 0. The first kappa shape index (κ1) is 11.8. The maximum atomic E-state index is 11.9. The van der Waals surface area contributed by atoms with Crippen LogP contribution in [-0.4, -0.2) is 31.8 Å². The Hall–Kier alpha value is -0.680. The van der Waals surface area contributed by atoms with Crippen LogP contribution in [0, 0.1) is 0 Å². The molecule has 1 aliphatic rings. The molecule has 0 spiro atoms. The summed E-state index contributed by atoms with van der Waals surface area (Å²) >= 11 is 7.64. The maximum Gasteiger partial charge on any atom is 0.246 e. The first-order chi connectivity index (χ1) is 7.63. The SMILES string of the molecule is CN1CC(=O)N(CCS)c2ccc(Br)cc21. The summed E-state index contributed by atoms with van der Waals surface area (Å²) in [5.74, 6) is 0.802. The van der Waals surface area contributed by atoms with E-state index in [1.807, 2.05) is 30.1 Å². The van der Waals surface area contributed by atoms with Crippen LogP contribution in [-0.2, 0) is 4.79 Å². The van der Waals surface area contributed by atoms with Gasteiger partial charge in [-0.25, -0.2) is 0 Å². The lowest BCUT2D eigenvalue weighted by molar-refractivity contribution is -0.117. The Labute approximate surface area is 109 Å². The highest BCUT2D eigenvalue weighted by molar-refractivity contribution is 9.10. The summed E-state index contributed by atoms with van der Waals surface area (Å²) in [6.07, 6.45) is 0. The second-order valence-electron chi connectivity index (χ2n) is 3.76. The van der Waals surface area contributed by atoms with Gasteiger partial charge in [0.25, 0.3) is 0 Å². The third-order valence-corrected chi connectivity index (χ3v) is 3.33. The second kappa shape index (κ2) is 4.67. The van der Waals surface area contributed by atoms with Crippen LogP contribution in [0.1, 0.15) is 0 Å². The number of benzene rings is 1. The van der Waals surface area contributed by atoms with E-state index in [1.165, 1.54) is 0 Å². The molecule has 5 heteroatoms. The molecule has 0 aromatic heterocycles. The van der Waals surface area contributed by atoms with E-state index in [1.54, 1.807) is 4.90 Å². The molecular weight excluding hydrogens is 288 g/mol. The van der Waals surface area contributed by atoms with Crippen molar-refractivity contribution in [3.63, 3.8) is 0 Å². The van der Waals surface area contributed by atoms with Crippen LogP contribution < -0.4 is 9.80 Å². The fourth-order valence-electron chi connectivity index (χ4n) is 1.88. The maximum absolute atomic E-state index is 11.9. The predicted octanol–water partition coefficient (Wildman–Crippen LogP) is 2.16. The minimum Gasteiger partial charge on any atom is -0.364 e. The van der Waals surface area contributed by atoms with Crippen molar-refractivity contribution in [2.24, 2.45) is 0 Å². The number of thiol groups is 1.